The minimum absolute atomic E-state index is 0.0954. The SMILES string of the molecule is Cc1ccn2c(=O)cc(COC(=O)[C@H](Cc3ccccc3)N3C(=O)c4ccccc4C3=O)nc2c1. The van der Waals surface area contributed by atoms with Crippen LogP contribution in [0, 0.1) is 6.92 Å². The van der Waals surface area contributed by atoms with E-state index >= 15 is 0 Å². The zero-order valence-electron chi connectivity index (χ0n) is 18.9. The molecule has 1 aliphatic rings. The number of hydrogen-bond acceptors (Lipinski definition) is 6. The molecule has 0 fully saturated rings. The number of rotatable bonds is 6. The van der Waals surface area contributed by atoms with E-state index < -0.39 is 23.8 Å². The highest BCUT2D eigenvalue weighted by atomic mass is 16.5. The van der Waals surface area contributed by atoms with Crippen molar-refractivity contribution in [1.29, 1.82) is 0 Å². The summed E-state index contributed by atoms with van der Waals surface area (Å²) >= 11 is 0. The number of hydrogen-bond donors (Lipinski definition) is 0. The third-order valence-corrected chi connectivity index (χ3v) is 5.92. The molecule has 0 bridgehead atoms. The lowest BCUT2D eigenvalue weighted by Crippen LogP contribution is -2.47. The first-order valence-corrected chi connectivity index (χ1v) is 11.1. The summed E-state index contributed by atoms with van der Waals surface area (Å²) in [6, 6.07) is 19.2. The number of benzene rings is 2. The molecular formula is C27H21N3O5. The van der Waals surface area contributed by atoms with Crippen LogP contribution in [0.1, 0.15) is 37.5 Å². The second-order valence-corrected chi connectivity index (χ2v) is 8.36. The number of carbonyl (C=O) groups excluding carboxylic acids is 3. The maximum Gasteiger partial charge on any atom is 0.330 e. The minimum atomic E-state index is -1.17. The molecule has 5 rings (SSSR count). The van der Waals surface area contributed by atoms with Gasteiger partial charge in [0.2, 0.25) is 0 Å². The van der Waals surface area contributed by atoms with Gasteiger partial charge >= 0.3 is 5.97 Å². The van der Waals surface area contributed by atoms with Gasteiger partial charge in [-0.3, -0.25) is 23.7 Å². The lowest BCUT2D eigenvalue weighted by molar-refractivity contribution is -0.149. The van der Waals surface area contributed by atoms with Gasteiger partial charge in [0.05, 0.1) is 16.8 Å². The van der Waals surface area contributed by atoms with Gasteiger partial charge in [0.15, 0.2) is 0 Å². The van der Waals surface area contributed by atoms with Crippen LogP contribution < -0.4 is 5.56 Å². The summed E-state index contributed by atoms with van der Waals surface area (Å²) in [5.41, 5.74) is 2.61. The molecule has 8 nitrogen and oxygen atoms in total. The van der Waals surface area contributed by atoms with Crippen LogP contribution in [-0.2, 0) is 22.6 Å². The van der Waals surface area contributed by atoms with Crippen molar-refractivity contribution >= 4 is 23.4 Å². The maximum atomic E-state index is 13.3. The number of ether oxygens (including phenoxy) is 1. The molecule has 2 amide bonds. The average molecular weight is 467 g/mol. The van der Waals surface area contributed by atoms with E-state index in [1.807, 2.05) is 37.3 Å². The monoisotopic (exact) mass is 467 g/mol. The molecule has 2 aromatic carbocycles. The van der Waals surface area contributed by atoms with Crippen molar-refractivity contribution in [3.8, 4) is 0 Å². The summed E-state index contributed by atoms with van der Waals surface area (Å²) in [5, 5.41) is 0. The van der Waals surface area contributed by atoms with Gasteiger partial charge in [0, 0.05) is 18.7 Å². The second-order valence-electron chi connectivity index (χ2n) is 8.36. The fourth-order valence-corrected chi connectivity index (χ4v) is 4.18. The summed E-state index contributed by atoms with van der Waals surface area (Å²) in [7, 11) is 0. The number of amides is 2. The van der Waals surface area contributed by atoms with Crippen LogP contribution in [0.15, 0.2) is 83.8 Å². The molecule has 4 aromatic rings. The number of nitrogens with zero attached hydrogens (tertiary/aromatic N) is 3. The lowest BCUT2D eigenvalue weighted by Gasteiger charge is -2.24. The molecule has 0 spiro atoms. The quantitative estimate of drug-likeness (QED) is 0.319. The Morgan fingerprint density at radius 3 is 2.26 bits per heavy atom. The number of imide groups is 1. The van der Waals surface area contributed by atoms with Crippen molar-refractivity contribution < 1.29 is 19.1 Å². The highest BCUT2D eigenvalue weighted by molar-refractivity contribution is 6.22. The Hall–Kier alpha value is -4.59. The molecule has 3 heterocycles. The van der Waals surface area contributed by atoms with E-state index in [4.69, 9.17) is 4.74 Å². The number of aromatic nitrogens is 2. The van der Waals surface area contributed by atoms with Gasteiger partial charge in [-0.1, -0.05) is 42.5 Å². The molecule has 0 saturated heterocycles. The van der Waals surface area contributed by atoms with Crippen LogP contribution in [-0.4, -0.2) is 38.1 Å². The van der Waals surface area contributed by atoms with Crippen molar-refractivity contribution in [3.63, 3.8) is 0 Å². The molecule has 0 N–H and O–H groups in total. The molecule has 174 valence electrons. The van der Waals surface area contributed by atoms with E-state index in [0.717, 1.165) is 16.0 Å². The number of aryl methyl sites for hydroxylation is 1. The van der Waals surface area contributed by atoms with E-state index in [-0.39, 0.29) is 35.4 Å². The zero-order valence-corrected chi connectivity index (χ0v) is 18.9. The second kappa shape index (κ2) is 8.98. The van der Waals surface area contributed by atoms with Gasteiger partial charge in [-0.25, -0.2) is 9.78 Å². The Morgan fingerprint density at radius 1 is 0.914 bits per heavy atom. The van der Waals surface area contributed by atoms with E-state index in [9.17, 15) is 19.2 Å². The minimum Gasteiger partial charge on any atom is -0.458 e. The zero-order chi connectivity index (χ0) is 24.5. The van der Waals surface area contributed by atoms with Gasteiger partial charge in [-0.05, 0) is 42.3 Å². The summed E-state index contributed by atoms with van der Waals surface area (Å²) in [4.78, 5) is 57.2. The normalized spacial score (nSPS) is 13.7. The van der Waals surface area contributed by atoms with Crippen molar-refractivity contribution in [1.82, 2.24) is 14.3 Å². The number of pyridine rings is 1. The fraction of sp³-hybridized carbons (Fsp3) is 0.148. The van der Waals surface area contributed by atoms with Crippen LogP contribution in [0.5, 0.6) is 0 Å². The summed E-state index contributed by atoms with van der Waals surface area (Å²) < 4.78 is 6.91. The van der Waals surface area contributed by atoms with E-state index in [1.54, 1.807) is 42.6 Å². The van der Waals surface area contributed by atoms with Crippen LogP contribution in [0.3, 0.4) is 0 Å². The van der Waals surface area contributed by atoms with Gasteiger partial charge in [-0.15, -0.1) is 0 Å². The fourth-order valence-electron chi connectivity index (χ4n) is 4.18. The topological polar surface area (TPSA) is 98.0 Å². The molecule has 8 heteroatoms. The third-order valence-electron chi connectivity index (χ3n) is 5.92. The molecule has 0 radical (unpaired) electrons. The Kier molecular flexibility index (Phi) is 5.70. The first-order chi connectivity index (χ1) is 16.9. The first-order valence-electron chi connectivity index (χ1n) is 11.1. The highest BCUT2D eigenvalue weighted by Gasteiger charge is 2.43. The smallest absolute Gasteiger partial charge is 0.330 e. The Balaban J connectivity index is 1.43. The summed E-state index contributed by atoms with van der Waals surface area (Å²) in [6.45, 7) is 1.61. The molecule has 1 aliphatic heterocycles. The van der Waals surface area contributed by atoms with Crippen LogP contribution in [0.2, 0.25) is 0 Å². The summed E-state index contributed by atoms with van der Waals surface area (Å²) in [5.74, 6) is -1.84. The molecule has 0 unspecified atom stereocenters. The molecule has 35 heavy (non-hydrogen) atoms. The van der Waals surface area contributed by atoms with Crippen molar-refractivity contribution in [2.24, 2.45) is 0 Å². The third kappa shape index (κ3) is 4.21. The predicted molar refractivity (Wildman–Crippen MR) is 127 cm³/mol. The standard InChI is InChI=1S/C27H21N3O5/c1-17-11-12-29-23(13-17)28-19(15-24(29)31)16-35-27(34)22(14-18-7-3-2-4-8-18)30-25(32)20-9-5-6-10-21(20)26(30)33/h2-13,15,22H,14,16H2,1H3/t22-/m0/s1. The molecule has 1 atom stereocenters. The van der Waals surface area contributed by atoms with Gasteiger partial charge < -0.3 is 4.74 Å². The number of esters is 1. The average Bonchev–Trinajstić information content (AvgIpc) is 3.11. The van der Waals surface area contributed by atoms with Gasteiger partial charge in [0.25, 0.3) is 17.4 Å². The van der Waals surface area contributed by atoms with Gasteiger partial charge in [0.1, 0.15) is 18.3 Å². The Morgan fingerprint density at radius 2 is 1.57 bits per heavy atom. The molecular weight excluding hydrogens is 446 g/mol. The van der Waals surface area contributed by atoms with E-state index in [0.29, 0.717) is 5.65 Å². The Bertz CT molecular complexity index is 1490. The van der Waals surface area contributed by atoms with Crippen LogP contribution in [0.25, 0.3) is 5.65 Å². The molecule has 2 aromatic heterocycles. The van der Waals surface area contributed by atoms with E-state index in [2.05, 4.69) is 4.98 Å². The van der Waals surface area contributed by atoms with Crippen molar-refractivity contribution in [2.75, 3.05) is 0 Å². The summed E-state index contributed by atoms with van der Waals surface area (Å²) in [6.07, 6.45) is 1.73. The van der Waals surface area contributed by atoms with Gasteiger partial charge in [-0.2, -0.15) is 0 Å². The first kappa shape index (κ1) is 22.2. The highest BCUT2D eigenvalue weighted by Crippen LogP contribution is 2.26. The number of carbonyl (C=O) groups is 3. The van der Waals surface area contributed by atoms with E-state index in [1.165, 1.54) is 10.5 Å². The number of fused-ring (bicyclic) bond motifs is 2. The maximum absolute atomic E-state index is 13.3. The van der Waals surface area contributed by atoms with Crippen LogP contribution in [0.4, 0.5) is 0 Å². The molecule has 0 saturated carbocycles. The van der Waals surface area contributed by atoms with Crippen molar-refractivity contribution in [3.05, 3.63) is 117 Å². The van der Waals surface area contributed by atoms with Crippen molar-refractivity contribution in [2.45, 2.75) is 26.0 Å². The molecule has 0 aliphatic carbocycles. The predicted octanol–water partition coefficient (Wildman–Crippen LogP) is 2.95. The largest absolute Gasteiger partial charge is 0.458 e. The Labute approximate surface area is 200 Å². The van der Waals surface area contributed by atoms with Crippen LogP contribution >= 0.6 is 0 Å². The lowest BCUT2D eigenvalue weighted by atomic mass is 10.0.